The van der Waals surface area contributed by atoms with Crippen LogP contribution in [0.25, 0.3) is 11.4 Å². The molecule has 0 aliphatic heterocycles. The Morgan fingerprint density at radius 3 is 2.82 bits per heavy atom. The average molecular weight is 322 g/mol. The normalized spacial score (nSPS) is 11.1. The summed E-state index contributed by atoms with van der Waals surface area (Å²) < 4.78 is 7.33. The van der Waals surface area contributed by atoms with Crippen LogP contribution in [0.1, 0.15) is 26.5 Å². The lowest BCUT2D eigenvalue weighted by molar-refractivity contribution is -0.118. The van der Waals surface area contributed by atoms with Crippen molar-refractivity contribution in [1.82, 2.24) is 20.1 Å². The number of furan rings is 1. The molecule has 0 fully saturated rings. The molecule has 2 rings (SSSR count). The molecule has 1 amide bonds. The molecule has 2 aromatic rings. The van der Waals surface area contributed by atoms with Crippen LogP contribution in [0.15, 0.2) is 21.9 Å². The van der Waals surface area contributed by atoms with Gasteiger partial charge in [0, 0.05) is 13.1 Å². The fourth-order valence-corrected chi connectivity index (χ4v) is 2.83. The lowest BCUT2D eigenvalue weighted by Crippen LogP contribution is -2.28. The van der Waals surface area contributed by atoms with E-state index in [-0.39, 0.29) is 5.91 Å². The van der Waals surface area contributed by atoms with Gasteiger partial charge in [0.05, 0.1) is 17.6 Å². The third-order valence-electron chi connectivity index (χ3n) is 3.17. The van der Waals surface area contributed by atoms with Gasteiger partial charge in [-0.2, -0.15) is 0 Å². The van der Waals surface area contributed by atoms with Crippen LogP contribution in [0.2, 0.25) is 0 Å². The first-order chi connectivity index (χ1) is 10.5. The summed E-state index contributed by atoms with van der Waals surface area (Å²) in [6.45, 7) is 9.50. The SMILES string of the molecule is CCn1c(SCC(=O)NCC(C)C)nnc1-c1ccoc1C. The summed E-state index contributed by atoms with van der Waals surface area (Å²) in [6, 6.07) is 1.88. The van der Waals surface area contributed by atoms with Crippen LogP contribution in [0.5, 0.6) is 0 Å². The smallest absolute Gasteiger partial charge is 0.230 e. The van der Waals surface area contributed by atoms with Crippen molar-refractivity contribution < 1.29 is 9.21 Å². The van der Waals surface area contributed by atoms with Gasteiger partial charge in [0.25, 0.3) is 0 Å². The van der Waals surface area contributed by atoms with E-state index >= 15 is 0 Å². The van der Waals surface area contributed by atoms with Gasteiger partial charge < -0.3 is 14.3 Å². The van der Waals surface area contributed by atoms with E-state index in [2.05, 4.69) is 29.4 Å². The number of carbonyl (C=O) groups excluding carboxylic acids is 1. The molecule has 0 spiro atoms. The second-order valence-corrected chi connectivity index (χ2v) is 6.37. The summed E-state index contributed by atoms with van der Waals surface area (Å²) in [5, 5.41) is 12.1. The summed E-state index contributed by atoms with van der Waals surface area (Å²) in [5.41, 5.74) is 0.936. The molecule has 2 aromatic heterocycles. The molecule has 0 aromatic carbocycles. The topological polar surface area (TPSA) is 73.0 Å². The molecule has 0 aliphatic carbocycles. The van der Waals surface area contributed by atoms with Crippen molar-refractivity contribution in [2.45, 2.75) is 39.4 Å². The molecule has 0 saturated carbocycles. The zero-order valence-electron chi connectivity index (χ0n) is 13.4. The first kappa shape index (κ1) is 16.6. The maximum atomic E-state index is 11.8. The third-order valence-corrected chi connectivity index (χ3v) is 4.14. The average Bonchev–Trinajstić information content (AvgIpc) is 3.07. The number of hydrogen-bond acceptors (Lipinski definition) is 5. The fraction of sp³-hybridized carbons (Fsp3) is 0.533. The third kappa shape index (κ3) is 3.91. The van der Waals surface area contributed by atoms with Gasteiger partial charge in [-0.3, -0.25) is 4.79 Å². The van der Waals surface area contributed by atoms with Crippen LogP contribution in [0, 0.1) is 12.8 Å². The lowest BCUT2D eigenvalue weighted by Gasteiger charge is -2.08. The Morgan fingerprint density at radius 1 is 1.45 bits per heavy atom. The number of amides is 1. The van der Waals surface area contributed by atoms with E-state index in [0.717, 1.165) is 28.8 Å². The number of nitrogens with zero attached hydrogens (tertiary/aromatic N) is 3. The first-order valence-electron chi connectivity index (χ1n) is 7.40. The summed E-state index contributed by atoms with van der Waals surface area (Å²) in [6.07, 6.45) is 1.64. The maximum absolute atomic E-state index is 11.8. The Bertz CT molecular complexity index is 633. The Hall–Kier alpha value is -1.76. The van der Waals surface area contributed by atoms with Crippen LogP contribution in [-0.2, 0) is 11.3 Å². The summed E-state index contributed by atoms with van der Waals surface area (Å²) in [7, 11) is 0. The minimum absolute atomic E-state index is 0.0189. The van der Waals surface area contributed by atoms with Crippen molar-refractivity contribution in [2.24, 2.45) is 5.92 Å². The summed E-state index contributed by atoms with van der Waals surface area (Å²) in [4.78, 5) is 11.8. The molecule has 120 valence electrons. The van der Waals surface area contributed by atoms with E-state index < -0.39 is 0 Å². The number of nitrogens with one attached hydrogen (secondary N) is 1. The molecular formula is C15H22N4O2S. The van der Waals surface area contributed by atoms with Gasteiger partial charge in [0.2, 0.25) is 5.91 Å². The highest BCUT2D eigenvalue weighted by atomic mass is 32.2. The fourth-order valence-electron chi connectivity index (χ4n) is 2.00. The molecule has 1 N–H and O–H groups in total. The highest BCUT2D eigenvalue weighted by Crippen LogP contribution is 2.26. The second-order valence-electron chi connectivity index (χ2n) is 5.43. The van der Waals surface area contributed by atoms with Crippen LogP contribution < -0.4 is 5.32 Å². The van der Waals surface area contributed by atoms with Gasteiger partial charge in [0.15, 0.2) is 11.0 Å². The van der Waals surface area contributed by atoms with Gasteiger partial charge in [-0.05, 0) is 25.8 Å². The van der Waals surface area contributed by atoms with Crippen molar-refractivity contribution in [2.75, 3.05) is 12.3 Å². The summed E-state index contributed by atoms with van der Waals surface area (Å²) >= 11 is 1.40. The van der Waals surface area contributed by atoms with Gasteiger partial charge in [-0.1, -0.05) is 25.6 Å². The van der Waals surface area contributed by atoms with Crippen molar-refractivity contribution in [3.8, 4) is 11.4 Å². The predicted octanol–water partition coefficient (Wildman–Crippen LogP) is 2.73. The second kappa shape index (κ2) is 7.49. The van der Waals surface area contributed by atoms with Crippen LogP contribution in [0.4, 0.5) is 0 Å². The standard InChI is InChI=1S/C15H22N4O2S/c1-5-19-14(12-6-7-21-11(12)4)17-18-15(19)22-9-13(20)16-8-10(2)3/h6-7,10H,5,8-9H2,1-4H3,(H,16,20). The maximum Gasteiger partial charge on any atom is 0.230 e. The molecule has 7 heteroatoms. The molecule has 6 nitrogen and oxygen atoms in total. The zero-order valence-corrected chi connectivity index (χ0v) is 14.2. The number of rotatable bonds is 7. The van der Waals surface area contributed by atoms with Crippen LogP contribution in [-0.4, -0.2) is 33.0 Å². The first-order valence-corrected chi connectivity index (χ1v) is 8.38. The van der Waals surface area contributed by atoms with Crippen LogP contribution in [0.3, 0.4) is 0 Å². The Labute approximate surface area is 134 Å². The molecule has 0 saturated heterocycles. The molecular weight excluding hydrogens is 300 g/mol. The highest BCUT2D eigenvalue weighted by molar-refractivity contribution is 7.99. The largest absolute Gasteiger partial charge is 0.469 e. The quantitative estimate of drug-likeness (QED) is 0.794. The molecule has 2 heterocycles. The van der Waals surface area contributed by atoms with Crippen molar-refractivity contribution >= 4 is 17.7 Å². The number of aromatic nitrogens is 3. The van der Waals surface area contributed by atoms with E-state index in [0.29, 0.717) is 18.2 Å². The molecule has 0 unspecified atom stereocenters. The van der Waals surface area contributed by atoms with Crippen molar-refractivity contribution in [1.29, 1.82) is 0 Å². The number of aryl methyl sites for hydroxylation is 1. The lowest BCUT2D eigenvalue weighted by atomic mass is 10.2. The van der Waals surface area contributed by atoms with E-state index in [4.69, 9.17) is 4.42 Å². The number of thioether (sulfide) groups is 1. The van der Waals surface area contributed by atoms with Gasteiger partial charge in [-0.15, -0.1) is 10.2 Å². The molecule has 0 bridgehead atoms. The monoisotopic (exact) mass is 322 g/mol. The van der Waals surface area contributed by atoms with E-state index in [9.17, 15) is 4.79 Å². The van der Waals surface area contributed by atoms with Crippen LogP contribution >= 0.6 is 11.8 Å². The van der Waals surface area contributed by atoms with E-state index in [1.807, 2.05) is 24.5 Å². The zero-order chi connectivity index (χ0) is 16.1. The Balaban J connectivity index is 2.05. The molecule has 0 radical (unpaired) electrons. The minimum Gasteiger partial charge on any atom is -0.469 e. The van der Waals surface area contributed by atoms with Crippen molar-refractivity contribution in [3.05, 3.63) is 18.1 Å². The number of carbonyl (C=O) groups is 1. The highest BCUT2D eigenvalue weighted by Gasteiger charge is 2.17. The molecule has 22 heavy (non-hydrogen) atoms. The van der Waals surface area contributed by atoms with Gasteiger partial charge in [-0.25, -0.2) is 0 Å². The number of hydrogen-bond donors (Lipinski definition) is 1. The summed E-state index contributed by atoms with van der Waals surface area (Å²) in [5.74, 6) is 2.40. The predicted molar refractivity (Wildman–Crippen MR) is 86.7 cm³/mol. The molecule has 0 aliphatic rings. The Kier molecular flexibility index (Phi) is 5.65. The molecule has 0 atom stereocenters. The minimum atomic E-state index is 0.0189. The Morgan fingerprint density at radius 2 is 2.23 bits per heavy atom. The van der Waals surface area contributed by atoms with Gasteiger partial charge >= 0.3 is 0 Å². The van der Waals surface area contributed by atoms with Gasteiger partial charge in [0.1, 0.15) is 5.76 Å². The van der Waals surface area contributed by atoms with E-state index in [1.165, 1.54) is 11.8 Å². The van der Waals surface area contributed by atoms with Crippen molar-refractivity contribution in [3.63, 3.8) is 0 Å². The van der Waals surface area contributed by atoms with E-state index in [1.54, 1.807) is 6.26 Å².